The summed E-state index contributed by atoms with van der Waals surface area (Å²) < 4.78 is 5.35. The van der Waals surface area contributed by atoms with Crippen LogP contribution in [0, 0.1) is 5.92 Å². The summed E-state index contributed by atoms with van der Waals surface area (Å²) in [6, 6.07) is 6.13. The minimum atomic E-state index is 0.106. The van der Waals surface area contributed by atoms with Crippen LogP contribution >= 0.6 is 0 Å². The van der Waals surface area contributed by atoms with Crippen LogP contribution in [0.15, 0.2) is 18.2 Å². The number of nitrogens with one attached hydrogen (secondary N) is 1. The Morgan fingerprint density at radius 1 is 1.43 bits per heavy atom. The molecule has 1 aliphatic carbocycles. The molecule has 0 saturated carbocycles. The summed E-state index contributed by atoms with van der Waals surface area (Å²) in [5.74, 6) is 1.27. The van der Waals surface area contributed by atoms with Crippen molar-refractivity contribution < 1.29 is 9.53 Å². The number of carbonyl (C=O) groups excluding carboxylic acids is 1. The van der Waals surface area contributed by atoms with Gasteiger partial charge in [0, 0.05) is 36.1 Å². The lowest BCUT2D eigenvalue weighted by Gasteiger charge is -2.26. The number of methoxy groups -OCH3 is 1. The number of ether oxygens (including phenoxy) is 1. The number of carbonyl (C=O) groups is 1. The zero-order valence-electron chi connectivity index (χ0n) is 14.3. The third-order valence-electron chi connectivity index (χ3n) is 4.97. The fraction of sp³-hybridized carbons (Fsp3) is 0.526. The average molecular weight is 314 g/mol. The Bertz CT molecular complexity index is 705. The van der Waals surface area contributed by atoms with Crippen molar-refractivity contribution in [3.05, 3.63) is 29.5 Å². The van der Waals surface area contributed by atoms with Crippen molar-refractivity contribution in [1.82, 2.24) is 9.88 Å². The lowest BCUT2D eigenvalue weighted by Crippen LogP contribution is -2.36. The molecule has 0 radical (unpaired) electrons. The number of aromatic amines is 1. The maximum absolute atomic E-state index is 12.7. The summed E-state index contributed by atoms with van der Waals surface area (Å²) in [5.41, 5.74) is 3.73. The first-order valence-electron chi connectivity index (χ1n) is 8.56. The Balaban J connectivity index is 1.83. The molecule has 4 heteroatoms. The highest BCUT2D eigenvalue weighted by Gasteiger charge is 2.29. The average Bonchev–Trinajstić information content (AvgIpc) is 2.95. The van der Waals surface area contributed by atoms with E-state index >= 15 is 0 Å². The third kappa shape index (κ3) is 3.07. The van der Waals surface area contributed by atoms with Crippen LogP contribution in [0.5, 0.6) is 5.75 Å². The van der Waals surface area contributed by atoms with Gasteiger partial charge in [0.05, 0.1) is 7.11 Å². The number of hydrogen-bond donors (Lipinski definition) is 1. The van der Waals surface area contributed by atoms with E-state index in [9.17, 15) is 4.79 Å². The number of nitrogens with zero attached hydrogens (tertiary/aromatic N) is 1. The van der Waals surface area contributed by atoms with Gasteiger partial charge in [-0.15, -0.1) is 0 Å². The molecule has 2 aromatic rings. The maximum atomic E-state index is 12.7. The van der Waals surface area contributed by atoms with Crippen LogP contribution in [0.3, 0.4) is 0 Å². The second-order valence-electron chi connectivity index (χ2n) is 6.55. The molecule has 124 valence electrons. The Morgan fingerprint density at radius 3 is 3.00 bits per heavy atom. The molecule has 1 aliphatic rings. The highest BCUT2D eigenvalue weighted by atomic mass is 16.5. The standard InChI is InChI=1S/C19H26N2O2/c1-4-5-10-21(2)19(22)13-6-8-17-15(11-13)16-12-14(23-3)7-9-18(16)20-17/h7,9,12-13,20H,4-6,8,10-11H2,1-3H3. The Labute approximate surface area is 137 Å². The molecule has 1 amide bonds. The topological polar surface area (TPSA) is 45.3 Å². The first kappa shape index (κ1) is 15.9. The van der Waals surface area contributed by atoms with Gasteiger partial charge in [-0.05, 0) is 49.4 Å². The molecule has 23 heavy (non-hydrogen) atoms. The van der Waals surface area contributed by atoms with Gasteiger partial charge in [0.25, 0.3) is 0 Å². The number of aromatic nitrogens is 1. The van der Waals surface area contributed by atoms with Crippen molar-refractivity contribution in [3.8, 4) is 5.75 Å². The molecule has 0 bridgehead atoms. The van der Waals surface area contributed by atoms with Crippen molar-refractivity contribution in [2.75, 3.05) is 20.7 Å². The van der Waals surface area contributed by atoms with E-state index in [1.54, 1.807) is 7.11 Å². The monoisotopic (exact) mass is 314 g/mol. The number of rotatable bonds is 5. The predicted octanol–water partition coefficient (Wildman–Crippen LogP) is 3.54. The van der Waals surface area contributed by atoms with E-state index in [1.165, 1.54) is 16.6 Å². The smallest absolute Gasteiger partial charge is 0.225 e. The zero-order chi connectivity index (χ0) is 16.4. The Morgan fingerprint density at radius 2 is 2.26 bits per heavy atom. The molecule has 4 nitrogen and oxygen atoms in total. The second-order valence-corrected chi connectivity index (χ2v) is 6.55. The zero-order valence-corrected chi connectivity index (χ0v) is 14.3. The van der Waals surface area contributed by atoms with Crippen molar-refractivity contribution in [2.45, 2.75) is 39.0 Å². The van der Waals surface area contributed by atoms with E-state index in [0.29, 0.717) is 5.91 Å². The minimum absolute atomic E-state index is 0.106. The number of aryl methyl sites for hydroxylation is 1. The highest BCUT2D eigenvalue weighted by Crippen LogP contribution is 2.34. The number of fused-ring (bicyclic) bond motifs is 3. The number of benzene rings is 1. The summed E-state index contributed by atoms with van der Waals surface area (Å²) in [6.07, 6.45) is 4.91. The molecule has 0 spiro atoms. The van der Waals surface area contributed by atoms with Gasteiger partial charge in [-0.25, -0.2) is 0 Å². The molecule has 1 atom stereocenters. The summed E-state index contributed by atoms with van der Waals surface area (Å²) >= 11 is 0. The highest BCUT2D eigenvalue weighted by molar-refractivity contribution is 5.88. The first-order chi connectivity index (χ1) is 11.1. The summed E-state index contributed by atoms with van der Waals surface area (Å²) in [5, 5.41) is 1.20. The van der Waals surface area contributed by atoms with E-state index in [0.717, 1.165) is 49.9 Å². The van der Waals surface area contributed by atoms with Gasteiger partial charge in [-0.3, -0.25) is 4.79 Å². The van der Waals surface area contributed by atoms with E-state index in [1.807, 2.05) is 18.0 Å². The van der Waals surface area contributed by atoms with Crippen LogP contribution < -0.4 is 4.74 Å². The van der Waals surface area contributed by atoms with Crippen molar-refractivity contribution in [1.29, 1.82) is 0 Å². The fourth-order valence-corrected chi connectivity index (χ4v) is 3.55. The molecule has 0 aliphatic heterocycles. The largest absolute Gasteiger partial charge is 0.497 e. The lowest BCUT2D eigenvalue weighted by molar-refractivity contribution is -0.134. The summed E-state index contributed by atoms with van der Waals surface area (Å²) in [6.45, 7) is 3.02. The molecule has 1 N–H and O–H groups in total. The van der Waals surface area contributed by atoms with Crippen molar-refractivity contribution in [2.24, 2.45) is 5.92 Å². The van der Waals surface area contributed by atoms with Gasteiger partial charge < -0.3 is 14.6 Å². The Kier molecular flexibility index (Phi) is 4.60. The normalized spacial score (nSPS) is 17.1. The third-order valence-corrected chi connectivity index (χ3v) is 4.97. The van der Waals surface area contributed by atoms with Crippen LogP contribution in [-0.2, 0) is 17.6 Å². The summed E-state index contributed by atoms with van der Waals surface area (Å²) in [7, 11) is 3.63. The van der Waals surface area contributed by atoms with Gasteiger partial charge in [0.15, 0.2) is 0 Å². The molecule has 3 rings (SSSR count). The second kappa shape index (κ2) is 6.65. The van der Waals surface area contributed by atoms with E-state index < -0.39 is 0 Å². The number of unbranched alkanes of at least 4 members (excludes halogenated alkanes) is 1. The van der Waals surface area contributed by atoms with Crippen LogP contribution in [0.2, 0.25) is 0 Å². The number of amides is 1. The molecule has 1 aromatic carbocycles. The van der Waals surface area contributed by atoms with E-state index in [4.69, 9.17) is 4.74 Å². The van der Waals surface area contributed by atoms with E-state index in [2.05, 4.69) is 24.0 Å². The van der Waals surface area contributed by atoms with Crippen LogP contribution in [-0.4, -0.2) is 36.5 Å². The van der Waals surface area contributed by atoms with Crippen molar-refractivity contribution >= 4 is 16.8 Å². The molecule has 0 saturated heterocycles. The SMILES string of the molecule is CCCCN(C)C(=O)C1CCc2[nH]c3ccc(OC)cc3c2C1. The van der Waals surface area contributed by atoms with Crippen molar-refractivity contribution in [3.63, 3.8) is 0 Å². The van der Waals surface area contributed by atoms with Crippen LogP contribution in [0.25, 0.3) is 10.9 Å². The van der Waals surface area contributed by atoms with Gasteiger partial charge in [-0.2, -0.15) is 0 Å². The van der Waals surface area contributed by atoms with Crippen LogP contribution in [0.4, 0.5) is 0 Å². The van der Waals surface area contributed by atoms with Gasteiger partial charge >= 0.3 is 0 Å². The van der Waals surface area contributed by atoms with Crippen LogP contribution in [0.1, 0.15) is 37.4 Å². The fourth-order valence-electron chi connectivity index (χ4n) is 3.55. The molecule has 1 aromatic heterocycles. The van der Waals surface area contributed by atoms with Gasteiger partial charge in [0.2, 0.25) is 5.91 Å². The number of H-pyrrole nitrogens is 1. The maximum Gasteiger partial charge on any atom is 0.225 e. The molecular weight excluding hydrogens is 288 g/mol. The number of hydrogen-bond acceptors (Lipinski definition) is 2. The molecular formula is C19H26N2O2. The van der Waals surface area contributed by atoms with E-state index in [-0.39, 0.29) is 5.92 Å². The predicted molar refractivity (Wildman–Crippen MR) is 92.9 cm³/mol. The molecule has 1 unspecified atom stereocenters. The van der Waals surface area contributed by atoms with Gasteiger partial charge in [-0.1, -0.05) is 13.3 Å². The quantitative estimate of drug-likeness (QED) is 0.917. The lowest BCUT2D eigenvalue weighted by atomic mass is 9.85. The summed E-state index contributed by atoms with van der Waals surface area (Å²) in [4.78, 5) is 18.1. The molecule has 1 heterocycles. The van der Waals surface area contributed by atoms with Gasteiger partial charge in [0.1, 0.15) is 5.75 Å². The Hall–Kier alpha value is -1.97. The minimum Gasteiger partial charge on any atom is -0.497 e. The molecule has 0 fully saturated rings. The first-order valence-corrected chi connectivity index (χ1v) is 8.56.